The van der Waals surface area contributed by atoms with E-state index in [-0.39, 0.29) is 0 Å². The normalized spacial score (nSPS) is 9.59. The van der Waals surface area contributed by atoms with Gasteiger partial charge in [0.15, 0.2) is 0 Å². The average Bonchev–Trinajstić information content (AvgIpc) is 3.52. The number of hydrogen-bond donors (Lipinski definition) is 0. The summed E-state index contributed by atoms with van der Waals surface area (Å²) in [6.45, 7) is 2.27. The van der Waals surface area contributed by atoms with E-state index in [0.29, 0.717) is 0 Å². The van der Waals surface area contributed by atoms with Gasteiger partial charge in [-0.15, -0.1) is 0 Å². The zero-order chi connectivity index (χ0) is 28.0. The van der Waals surface area contributed by atoms with E-state index in [4.69, 9.17) is 0 Å². The molecule has 0 aliphatic heterocycles. The molecule has 4 aromatic carbocycles. The summed E-state index contributed by atoms with van der Waals surface area (Å²) < 4.78 is 8.53. The van der Waals surface area contributed by atoms with Crippen LogP contribution in [0.5, 0.6) is 0 Å². The van der Waals surface area contributed by atoms with Crippen LogP contribution in [0.2, 0.25) is 0 Å². The van der Waals surface area contributed by atoms with Gasteiger partial charge in [-0.2, -0.15) is 17.7 Å². The first-order valence-corrected chi connectivity index (χ1v) is 23.6. The predicted molar refractivity (Wildman–Crippen MR) is 160 cm³/mol. The monoisotopic (exact) mass is 884 g/mol. The predicted octanol–water partition coefficient (Wildman–Crippen LogP) is 5.32. The Labute approximate surface area is 246 Å². The van der Waals surface area contributed by atoms with E-state index < -0.39 is 38.6 Å². The fourth-order valence-corrected chi connectivity index (χ4v) is 14.4. The SMILES string of the molecule is CCCCCCCC[c-]1cccc1.O=[C]=[W](=[C]=O)=[C]=O.c1cc[c]([Pb]([c]2ccccc2)[c]2ccccc2)cc1. The third-order valence-corrected chi connectivity index (χ3v) is 18.4. The minimum atomic E-state index is -3.05. The van der Waals surface area contributed by atoms with Crippen LogP contribution in [0.15, 0.2) is 115 Å². The summed E-state index contributed by atoms with van der Waals surface area (Å²) >= 11 is -5.22. The molecule has 0 fully saturated rings. The fraction of sp³-hybridized carbons (Fsp3) is 0.235. The molecule has 0 aromatic heterocycles. The number of carbonyl (C=O) groups excluding carboxylic acids is 3. The van der Waals surface area contributed by atoms with Crippen molar-refractivity contribution in [1.29, 1.82) is 0 Å². The molecule has 1 radical (unpaired) electrons. The molecular weight excluding hydrogens is 847 g/mol. The van der Waals surface area contributed by atoms with Gasteiger partial charge in [-0.3, -0.25) is 0 Å². The summed E-state index contributed by atoms with van der Waals surface area (Å²) in [6, 6.07) is 41.7. The molecule has 0 saturated heterocycles. The Morgan fingerprint density at radius 3 is 1.31 bits per heavy atom. The molecule has 0 bridgehead atoms. The van der Waals surface area contributed by atoms with E-state index in [0.717, 1.165) is 0 Å². The van der Waals surface area contributed by atoms with E-state index >= 15 is 0 Å². The number of unbranched alkanes of at least 4 members (excludes halogenated alkanes) is 5. The molecule has 0 aliphatic rings. The van der Waals surface area contributed by atoms with Gasteiger partial charge in [0.2, 0.25) is 0 Å². The maximum atomic E-state index is 9.40. The third-order valence-electron chi connectivity index (χ3n) is 5.99. The quantitative estimate of drug-likeness (QED) is 0.123. The van der Waals surface area contributed by atoms with Gasteiger partial charge in [-0.1, -0.05) is 51.9 Å². The number of benzene rings is 3. The number of rotatable bonds is 10. The zero-order valence-corrected chi connectivity index (χ0v) is 29.4. The Bertz CT molecular complexity index is 1260. The summed E-state index contributed by atoms with van der Waals surface area (Å²) in [5.41, 5.74) is 1.51. The first-order valence-electron chi connectivity index (χ1n) is 13.3. The van der Waals surface area contributed by atoms with Crippen LogP contribution >= 0.6 is 0 Å². The molecule has 0 aliphatic carbocycles. The van der Waals surface area contributed by atoms with Crippen LogP contribution in [0.25, 0.3) is 0 Å². The topological polar surface area (TPSA) is 51.2 Å². The first kappa shape index (κ1) is 32.6. The third kappa shape index (κ3) is 13.3. The van der Waals surface area contributed by atoms with Gasteiger partial charge in [-0.25, -0.2) is 12.1 Å². The van der Waals surface area contributed by atoms with Crippen molar-refractivity contribution in [2.45, 2.75) is 51.9 Å². The molecule has 0 spiro atoms. The van der Waals surface area contributed by atoms with Crippen LogP contribution in [0.1, 0.15) is 51.0 Å². The van der Waals surface area contributed by atoms with Crippen molar-refractivity contribution in [2.75, 3.05) is 0 Å². The van der Waals surface area contributed by atoms with Crippen molar-refractivity contribution in [2.24, 2.45) is 0 Å². The van der Waals surface area contributed by atoms with E-state index in [9.17, 15) is 14.4 Å². The molecule has 0 N–H and O–H groups in total. The van der Waals surface area contributed by atoms with Crippen molar-refractivity contribution >= 4 is 44.9 Å². The first-order chi connectivity index (χ1) is 19.2. The number of hydrogen-bond acceptors (Lipinski definition) is 3. The second kappa shape index (κ2) is 21.2. The van der Waals surface area contributed by atoms with Crippen molar-refractivity contribution in [3.8, 4) is 0 Å². The van der Waals surface area contributed by atoms with Crippen LogP contribution in [0, 0.1) is 0 Å². The molecule has 4 aromatic rings. The Balaban J connectivity index is 0.000000232. The molecule has 39 heavy (non-hydrogen) atoms. The van der Waals surface area contributed by atoms with Gasteiger partial charge in [0, 0.05) is 0 Å². The molecule has 3 nitrogen and oxygen atoms in total. The minimum absolute atomic E-state index is 1.28. The van der Waals surface area contributed by atoms with E-state index in [1.165, 1.54) is 63.3 Å². The van der Waals surface area contributed by atoms with E-state index in [2.05, 4.69) is 122 Å². The summed E-state index contributed by atoms with van der Waals surface area (Å²) in [6.07, 6.45) is 9.67. The van der Waals surface area contributed by atoms with Gasteiger partial charge in [-0.05, 0) is 0 Å². The van der Waals surface area contributed by atoms with E-state index in [1.807, 2.05) is 0 Å². The van der Waals surface area contributed by atoms with Crippen LogP contribution in [-0.2, 0) is 36.7 Å². The molecule has 201 valence electrons. The second-order valence-electron chi connectivity index (χ2n) is 8.84. The fourth-order valence-electron chi connectivity index (χ4n) is 4.06. The second-order valence-corrected chi connectivity index (χ2v) is 22.5. The Morgan fingerprint density at radius 2 is 0.949 bits per heavy atom. The molecule has 5 heteroatoms. The van der Waals surface area contributed by atoms with Crippen molar-refractivity contribution < 1.29 is 30.3 Å². The molecule has 0 saturated carbocycles. The van der Waals surface area contributed by atoms with Crippen LogP contribution in [0.4, 0.5) is 0 Å². The van der Waals surface area contributed by atoms with Gasteiger partial charge in [0.1, 0.15) is 0 Å². The molecule has 0 unspecified atom stereocenters. The van der Waals surface area contributed by atoms with E-state index in [1.54, 1.807) is 9.37 Å². The Hall–Kier alpha value is -2.64. The Morgan fingerprint density at radius 1 is 0.564 bits per heavy atom. The molecule has 0 heterocycles. The summed E-state index contributed by atoms with van der Waals surface area (Å²) in [5.74, 6) is 0. The molecular formula is C34H36O3PbW-. The van der Waals surface area contributed by atoms with Crippen LogP contribution < -0.4 is 9.37 Å². The summed E-state index contributed by atoms with van der Waals surface area (Å²) in [5, 5.41) is 0. The van der Waals surface area contributed by atoms with Crippen LogP contribution in [0.3, 0.4) is 0 Å². The average molecular weight is 884 g/mol. The Kier molecular flexibility index (Phi) is 17.7. The van der Waals surface area contributed by atoms with Gasteiger partial charge >= 0.3 is 166 Å². The molecule has 4 rings (SSSR count). The van der Waals surface area contributed by atoms with Crippen LogP contribution in [-0.4, -0.2) is 35.5 Å². The van der Waals surface area contributed by atoms with Crippen molar-refractivity contribution in [3.05, 3.63) is 121 Å². The van der Waals surface area contributed by atoms with Gasteiger partial charge in [0.25, 0.3) is 0 Å². The number of aryl methyl sites for hydroxylation is 1. The zero-order valence-electron chi connectivity index (χ0n) is 22.6. The molecule has 0 amide bonds. The maximum absolute atomic E-state index is 9.40. The van der Waals surface area contributed by atoms with Crippen molar-refractivity contribution in [3.63, 3.8) is 0 Å². The summed E-state index contributed by atoms with van der Waals surface area (Å²) in [4.78, 5) is 28.2. The van der Waals surface area contributed by atoms with Gasteiger partial charge in [0.05, 0.1) is 0 Å². The summed E-state index contributed by atoms with van der Waals surface area (Å²) in [7, 11) is 0. The van der Waals surface area contributed by atoms with Gasteiger partial charge < -0.3 is 0 Å². The molecule has 0 atom stereocenters. The van der Waals surface area contributed by atoms with Crippen molar-refractivity contribution in [1.82, 2.24) is 0 Å². The standard InChI is InChI=1S/C13H21.3C6H5.3CO.Pb.W/c1-2-3-4-5-6-7-10-13-11-8-9-12-13;3*1-2-4-6-5-3-1;3*1-2;;/h8-9,11-12H,2-7,10H2,1H3;3*1-5H;;;;;/q-1;;;;;;;;.